The molecule has 21 heavy (non-hydrogen) atoms. The van der Waals surface area contributed by atoms with E-state index in [1.165, 1.54) is 5.56 Å². The van der Waals surface area contributed by atoms with Gasteiger partial charge in [0, 0.05) is 6.54 Å². The fourth-order valence-electron chi connectivity index (χ4n) is 2.26. The predicted molar refractivity (Wildman–Crippen MR) is 78.5 cm³/mol. The molecule has 1 fully saturated rings. The minimum Gasteiger partial charge on any atom is -0.263 e. The van der Waals surface area contributed by atoms with Crippen LogP contribution in [0, 0.1) is 0 Å². The van der Waals surface area contributed by atoms with Gasteiger partial charge in [-0.15, -0.1) is 0 Å². The van der Waals surface area contributed by atoms with Crippen LogP contribution in [0.15, 0.2) is 24.3 Å². The lowest BCUT2D eigenvalue weighted by molar-refractivity contribution is -0.143. The third kappa shape index (κ3) is 2.82. The van der Waals surface area contributed by atoms with E-state index in [1.54, 1.807) is 6.92 Å². The number of hydrogen-bond donors (Lipinski definition) is 0. The first-order valence-corrected chi connectivity index (χ1v) is 7.02. The summed E-state index contributed by atoms with van der Waals surface area (Å²) in [5.74, 6) is -1.49. The van der Waals surface area contributed by atoms with Crippen molar-refractivity contribution < 1.29 is 14.4 Å². The van der Waals surface area contributed by atoms with Crippen LogP contribution in [-0.4, -0.2) is 34.2 Å². The first-order valence-electron chi connectivity index (χ1n) is 7.02. The zero-order valence-corrected chi connectivity index (χ0v) is 12.8. The molecule has 1 aliphatic heterocycles. The molecule has 1 aromatic carbocycles. The Morgan fingerprint density at radius 2 is 1.43 bits per heavy atom. The third-order valence-corrected chi connectivity index (χ3v) is 3.61. The Balaban J connectivity index is 2.17. The SMILES string of the molecule is CCN1C(=O)C(=O)N(Cc2ccc(C(C)(C)C)cc2)C1=O. The number of benzene rings is 1. The number of nitrogens with zero attached hydrogens (tertiary/aromatic N) is 2. The van der Waals surface area contributed by atoms with Gasteiger partial charge in [-0.1, -0.05) is 45.0 Å². The molecule has 0 N–H and O–H groups in total. The maximum Gasteiger partial charge on any atom is 0.334 e. The molecule has 0 unspecified atom stereocenters. The number of rotatable bonds is 3. The van der Waals surface area contributed by atoms with Crippen molar-refractivity contribution >= 4 is 17.8 Å². The minimum absolute atomic E-state index is 0.0484. The first-order chi connectivity index (χ1) is 9.75. The van der Waals surface area contributed by atoms with Gasteiger partial charge < -0.3 is 0 Å². The predicted octanol–water partition coefficient (Wildman–Crippen LogP) is 2.29. The standard InChI is InChI=1S/C16H20N2O3/c1-5-17-13(19)14(20)18(15(17)21)10-11-6-8-12(9-7-11)16(2,3)4/h6-9H,5,10H2,1-4H3. The van der Waals surface area contributed by atoms with Crippen LogP contribution in [0.4, 0.5) is 4.79 Å². The Hall–Kier alpha value is -2.17. The second-order valence-corrected chi connectivity index (χ2v) is 6.17. The van der Waals surface area contributed by atoms with E-state index in [4.69, 9.17) is 0 Å². The van der Waals surface area contributed by atoms with Gasteiger partial charge in [0.2, 0.25) is 0 Å². The van der Waals surface area contributed by atoms with Crippen LogP contribution in [0.1, 0.15) is 38.8 Å². The fourth-order valence-corrected chi connectivity index (χ4v) is 2.26. The van der Waals surface area contributed by atoms with E-state index in [0.717, 1.165) is 15.4 Å². The van der Waals surface area contributed by atoms with Crippen molar-refractivity contribution in [3.8, 4) is 0 Å². The van der Waals surface area contributed by atoms with Crippen molar-refractivity contribution in [1.82, 2.24) is 9.80 Å². The Labute approximate surface area is 124 Å². The van der Waals surface area contributed by atoms with E-state index in [-0.39, 0.29) is 18.5 Å². The Bertz CT molecular complexity index is 585. The van der Waals surface area contributed by atoms with Crippen molar-refractivity contribution in [2.24, 2.45) is 0 Å². The van der Waals surface area contributed by atoms with Gasteiger partial charge in [0.05, 0.1) is 6.54 Å². The summed E-state index contributed by atoms with van der Waals surface area (Å²) in [5.41, 5.74) is 2.05. The Morgan fingerprint density at radius 1 is 0.905 bits per heavy atom. The van der Waals surface area contributed by atoms with Gasteiger partial charge in [0.25, 0.3) is 0 Å². The molecule has 1 saturated heterocycles. The average molecular weight is 288 g/mol. The molecule has 0 radical (unpaired) electrons. The molecule has 0 atom stereocenters. The molecule has 0 spiro atoms. The largest absolute Gasteiger partial charge is 0.334 e. The molecule has 0 aliphatic carbocycles. The zero-order valence-electron chi connectivity index (χ0n) is 12.8. The monoisotopic (exact) mass is 288 g/mol. The van der Waals surface area contributed by atoms with Crippen LogP contribution in [0.25, 0.3) is 0 Å². The fraction of sp³-hybridized carbons (Fsp3) is 0.438. The lowest BCUT2D eigenvalue weighted by Crippen LogP contribution is -2.32. The topological polar surface area (TPSA) is 57.7 Å². The van der Waals surface area contributed by atoms with Crippen LogP contribution < -0.4 is 0 Å². The highest BCUT2D eigenvalue weighted by Crippen LogP contribution is 2.23. The summed E-state index contributed by atoms with van der Waals surface area (Å²) in [5, 5.41) is 0. The van der Waals surface area contributed by atoms with Crippen LogP contribution in [0.2, 0.25) is 0 Å². The van der Waals surface area contributed by atoms with Crippen molar-refractivity contribution in [2.45, 2.75) is 39.7 Å². The summed E-state index contributed by atoms with van der Waals surface area (Å²) in [7, 11) is 0. The third-order valence-electron chi connectivity index (χ3n) is 3.61. The molecule has 2 rings (SSSR count). The number of carbonyl (C=O) groups excluding carboxylic acids is 3. The smallest absolute Gasteiger partial charge is 0.263 e. The Kier molecular flexibility index (Phi) is 3.85. The summed E-state index contributed by atoms with van der Waals surface area (Å²) in [6.45, 7) is 8.37. The van der Waals surface area contributed by atoms with E-state index >= 15 is 0 Å². The van der Waals surface area contributed by atoms with Crippen molar-refractivity contribution in [3.05, 3.63) is 35.4 Å². The molecule has 5 heteroatoms. The molecule has 1 heterocycles. The highest BCUT2D eigenvalue weighted by atomic mass is 16.2. The molecule has 4 amide bonds. The number of urea groups is 1. The molecule has 5 nitrogen and oxygen atoms in total. The first kappa shape index (κ1) is 15.2. The van der Waals surface area contributed by atoms with Gasteiger partial charge in [-0.3, -0.25) is 19.4 Å². The van der Waals surface area contributed by atoms with E-state index < -0.39 is 17.8 Å². The van der Waals surface area contributed by atoms with E-state index in [9.17, 15) is 14.4 Å². The Morgan fingerprint density at radius 3 is 1.86 bits per heavy atom. The van der Waals surface area contributed by atoms with Gasteiger partial charge in [-0.05, 0) is 23.5 Å². The van der Waals surface area contributed by atoms with Crippen LogP contribution >= 0.6 is 0 Å². The van der Waals surface area contributed by atoms with E-state index in [0.29, 0.717) is 0 Å². The molecule has 0 aromatic heterocycles. The summed E-state index contributed by atoms with van der Waals surface area (Å²) in [6, 6.07) is 7.22. The number of amides is 4. The number of hydrogen-bond acceptors (Lipinski definition) is 3. The summed E-state index contributed by atoms with van der Waals surface area (Å²) < 4.78 is 0. The molecular formula is C16H20N2O3. The zero-order chi connectivity index (χ0) is 15.8. The number of imide groups is 2. The van der Waals surface area contributed by atoms with Gasteiger partial charge in [-0.25, -0.2) is 4.79 Å². The minimum atomic E-state index is -0.748. The lowest BCUT2D eigenvalue weighted by atomic mass is 9.87. The summed E-state index contributed by atoms with van der Waals surface area (Å²) >= 11 is 0. The summed E-state index contributed by atoms with van der Waals surface area (Å²) in [4.78, 5) is 37.4. The second-order valence-electron chi connectivity index (χ2n) is 6.17. The number of carbonyl (C=O) groups is 3. The average Bonchev–Trinajstić information content (AvgIpc) is 2.62. The van der Waals surface area contributed by atoms with Crippen molar-refractivity contribution in [2.75, 3.05) is 6.54 Å². The maximum absolute atomic E-state index is 12.0. The maximum atomic E-state index is 12.0. The van der Waals surface area contributed by atoms with E-state index in [2.05, 4.69) is 20.8 Å². The molecule has 1 aliphatic rings. The van der Waals surface area contributed by atoms with Gasteiger partial charge in [0.15, 0.2) is 0 Å². The molecule has 0 bridgehead atoms. The summed E-state index contributed by atoms with van der Waals surface area (Å²) in [6.07, 6.45) is 0. The van der Waals surface area contributed by atoms with Gasteiger partial charge in [-0.2, -0.15) is 0 Å². The van der Waals surface area contributed by atoms with Gasteiger partial charge >= 0.3 is 17.8 Å². The van der Waals surface area contributed by atoms with Crippen LogP contribution in [0.5, 0.6) is 0 Å². The van der Waals surface area contributed by atoms with Crippen LogP contribution in [0.3, 0.4) is 0 Å². The lowest BCUT2D eigenvalue weighted by Gasteiger charge is -2.20. The highest BCUT2D eigenvalue weighted by Gasteiger charge is 2.43. The van der Waals surface area contributed by atoms with Gasteiger partial charge in [0.1, 0.15) is 0 Å². The number of likely N-dealkylation sites (N-methyl/N-ethyl adjacent to an activating group) is 1. The van der Waals surface area contributed by atoms with E-state index in [1.807, 2.05) is 24.3 Å². The molecular weight excluding hydrogens is 268 g/mol. The van der Waals surface area contributed by atoms with Crippen molar-refractivity contribution in [3.63, 3.8) is 0 Å². The quantitative estimate of drug-likeness (QED) is 0.633. The highest BCUT2D eigenvalue weighted by molar-refractivity contribution is 6.44. The normalized spacial score (nSPS) is 16.1. The molecule has 112 valence electrons. The van der Waals surface area contributed by atoms with Crippen molar-refractivity contribution in [1.29, 1.82) is 0 Å². The molecule has 1 aromatic rings. The molecule has 0 saturated carbocycles. The second kappa shape index (κ2) is 5.31. The van der Waals surface area contributed by atoms with Crippen LogP contribution in [-0.2, 0) is 21.5 Å².